The number of nitrogens with zero attached hydrogens (tertiary/aromatic N) is 2. The van der Waals surface area contributed by atoms with E-state index in [1.165, 1.54) is 0 Å². The Kier molecular flexibility index (Phi) is 8.05. The first kappa shape index (κ1) is 19.2. The fourth-order valence-electron chi connectivity index (χ4n) is 1.97. The molecule has 2 aromatic carbocycles. The fraction of sp³-hybridized carbons (Fsp3) is 0.263. The van der Waals surface area contributed by atoms with E-state index in [4.69, 9.17) is 4.74 Å². The first-order valence-electron chi connectivity index (χ1n) is 8.18. The number of rotatable bonds is 2. The topological polar surface area (TPSA) is 56.2 Å². The normalized spacial score (nSPS) is 9.21. The highest BCUT2D eigenvalue weighted by atomic mass is 16.6. The van der Waals surface area contributed by atoms with Gasteiger partial charge in [-0.1, -0.05) is 45.9 Å². The molecule has 0 saturated heterocycles. The second kappa shape index (κ2) is 10.0. The zero-order valence-electron chi connectivity index (χ0n) is 14.9. The van der Waals surface area contributed by atoms with Gasteiger partial charge in [0.25, 0.3) is 0 Å². The van der Waals surface area contributed by atoms with Crippen LogP contribution in [-0.2, 0) is 7.05 Å². The molecule has 0 aliphatic rings. The average Bonchev–Trinajstić information content (AvgIpc) is 2.98. The number of aryl methyl sites for hydroxylation is 1. The van der Waals surface area contributed by atoms with Crippen molar-refractivity contribution in [1.82, 2.24) is 9.78 Å². The second-order valence-electron chi connectivity index (χ2n) is 4.40. The van der Waals surface area contributed by atoms with Gasteiger partial charge in [0.1, 0.15) is 5.75 Å². The maximum Gasteiger partial charge on any atom is 0.417 e. The summed E-state index contributed by atoms with van der Waals surface area (Å²) in [4.78, 5) is 11.8. The summed E-state index contributed by atoms with van der Waals surface area (Å²) in [7, 11) is 1.86. The molecule has 128 valence electrons. The van der Waals surface area contributed by atoms with Gasteiger partial charge in [-0.3, -0.25) is 10.00 Å². The number of para-hydroxylation sites is 1. The summed E-state index contributed by atoms with van der Waals surface area (Å²) in [5.41, 5.74) is 1.56. The highest BCUT2D eigenvalue weighted by Gasteiger charge is 2.06. The molecule has 1 amide bonds. The van der Waals surface area contributed by atoms with E-state index in [0.717, 1.165) is 10.9 Å². The number of nitrogens with one attached hydrogen (secondary N) is 1. The van der Waals surface area contributed by atoms with E-state index in [1.807, 2.05) is 71.3 Å². The second-order valence-corrected chi connectivity index (χ2v) is 4.40. The Morgan fingerprint density at radius 2 is 1.71 bits per heavy atom. The zero-order valence-corrected chi connectivity index (χ0v) is 14.9. The molecule has 0 aliphatic heterocycles. The largest absolute Gasteiger partial charge is 0.417 e. The predicted molar refractivity (Wildman–Crippen MR) is 99.5 cm³/mol. The van der Waals surface area contributed by atoms with Gasteiger partial charge in [0.15, 0.2) is 0 Å². The van der Waals surface area contributed by atoms with Crippen molar-refractivity contribution in [3.8, 4) is 5.75 Å². The van der Waals surface area contributed by atoms with E-state index in [0.29, 0.717) is 11.4 Å². The van der Waals surface area contributed by atoms with Gasteiger partial charge in [-0.05, 0) is 30.3 Å². The number of carbonyl (C=O) groups excluding carboxylic acids is 1. The van der Waals surface area contributed by atoms with Crippen molar-refractivity contribution < 1.29 is 9.53 Å². The average molecular weight is 327 g/mol. The Bertz CT molecular complexity index is 752. The Morgan fingerprint density at radius 3 is 2.38 bits per heavy atom. The standard InChI is InChI=1S/C15H13N3O2.2C2H6/c1-18-10-11-9-12(7-8-14(11)17-18)16-15(19)20-13-5-3-2-4-6-13;2*1-2/h2-10H,1H3,(H,16,19);2*1-2H3. The quantitative estimate of drug-likeness (QED) is 0.700. The highest BCUT2D eigenvalue weighted by Crippen LogP contribution is 2.18. The number of fused-ring (bicyclic) bond motifs is 1. The molecule has 0 spiro atoms. The number of carbonyl (C=O) groups is 1. The van der Waals surface area contributed by atoms with E-state index in [9.17, 15) is 4.79 Å². The molecule has 0 saturated carbocycles. The molecule has 0 atom stereocenters. The van der Waals surface area contributed by atoms with Gasteiger partial charge in [-0.2, -0.15) is 5.10 Å². The van der Waals surface area contributed by atoms with Crippen LogP contribution in [0.3, 0.4) is 0 Å². The minimum atomic E-state index is -0.514. The molecule has 0 bridgehead atoms. The SMILES string of the molecule is CC.CC.Cn1cc2cc(NC(=O)Oc3ccccc3)ccc2n1. The van der Waals surface area contributed by atoms with Gasteiger partial charge in [0.05, 0.1) is 5.52 Å². The van der Waals surface area contributed by atoms with Crippen LogP contribution in [0.4, 0.5) is 10.5 Å². The lowest BCUT2D eigenvalue weighted by Crippen LogP contribution is -2.16. The third-order valence-corrected chi connectivity index (χ3v) is 2.82. The Labute approximate surface area is 143 Å². The summed E-state index contributed by atoms with van der Waals surface area (Å²) in [6.07, 6.45) is 1.38. The van der Waals surface area contributed by atoms with Gasteiger partial charge in [-0.25, -0.2) is 4.79 Å². The number of aromatic nitrogens is 2. The highest BCUT2D eigenvalue weighted by molar-refractivity contribution is 5.90. The summed E-state index contributed by atoms with van der Waals surface area (Å²) in [6.45, 7) is 8.00. The lowest BCUT2D eigenvalue weighted by Gasteiger charge is -2.06. The van der Waals surface area contributed by atoms with Gasteiger partial charge >= 0.3 is 6.09 Å². The first-order valence-corrected chi connectivity index (χ1v) is 8.18. The molecule has 3 aromatic rings. The van der Waals surface area contributed by atoms with Crippen molar-refractivity contribution in [1.29, 1.82) is 0 Å². The van der Waals surface area contributed by atoms with Crippen LogP contribution in [0.5, 0.6) is 5.75 Å². The van der Waals surface area contributed by atoms with Crippen molar-refractivity contribution in [3.05, 3.63) is 54.7 Å². The van der Waals surface area contributed by atoms with Crippen molar-refractivity contribution in [3.63, 3.8) is 0 Å². The molecule has 24 heavy (non-hydrogen) atoms. The van der Waals surface area contributed by atoms with Crippen LogP contribution >= 0.6 is 0 Å². The lowest BCUT2D eigenvalue weighted by molar-refractivity contribution is 0.215. The van der Waals surface area contributed by atoms with Crippen LogP contribution in [0.15, 0.2) is 54.7 Å². The van der Waals surface area contributed by atoms with Crippen LogP contribution in [0, 0.1) is 0 Å². The Balaban J connectivity index is 0.000000671. The number of benzene rings is 2. The molecule has 1 aromatic heterocycles. The molecule has 1 N–H and O–H groups in total. The third kappa shape index (κ3) is 5.43. The number of hydrogen-bond acceptors (Lipinski definition) is 3. The minimum Gasteiger partial charge on any atom is -0.410 e. The van der Waals surface area contributed by atoms with E-state index >= 15 is 0 Å². The summed E-state index contributed by atoms with van der Waals surface area (Å²) in [5, 5.41) is 7.93. The maximum atomic E-state index is 11.8. The molecular formula is C19H25N3O2. The fourth-order valence-corrected chi connectivity index (χ4v) is 1.97. The number of hydrogen-bond donors (Lipinski definition) is 1. The third-order valence-electron chi connectivity index (χ3n) is 2.82. The summed E-state index contributed by atoms with van der Waals surface area (Å²) >= 11 is 0. The molecular weight excluding hydrogens is 302 g/mol. The summed E-state index contributed by atoms with van der Waals surface area (Å²) in [6, 6.07) is 14.4. The molecule has 0 radical (unpaired) electrons. The molecule has 0 fully saturated rings. The summed E-state index contributed by atoms with van der Waals surface area (Å²) in [5.74, 6) is 0.507. The number of ether oxygens (including phenoxy) is 1. The van der Waals surface area contributed by atoms with Gasteiger partial charge < -0.3 is 4.74 Å². The number of anilines is 1. The molecule has 5 heteroatoms. The van der Waals surface area contributed by atoms with Crippen molar-refractivity contribution >= 4 is 22.7 Å². The minimum absolute atomic E-state index is 0.507. The Morgan fingerprint density at radius 1 is 1.04 bits per heavy atom. The summed E-state index contributed by atoms with van der Waals surface area (Å²) < 4.78 is 6.90. The first-order chi connectivity index (χ1) is 11.7. The van der Waals surface area contributed by atoms with E-state index in [1.54, 1.807) is 22.9 Å². The lowest BCUT2D eigenvalue weighted by atomic mass is 10.2. The van der Waals surface area contributed by atoms with E-state index in [-0.39, 0.29) is 0 Å². The van der Waals surface area contributed by atoms with Crippen LogP contribution < -0.4 is 10.1 Å². The van der Waals surface area contributed by atoms with Crippen molar-refractivity contribution in [2.24, 2.45) is 7.05 Å². The van der Waals surface area contributed by atoms with Gasteiger partial charge in [0, 0.05) is 24.3 Å². The van der Waals surface area contributed by atoms with E-state index < -0.39 is 6.09 Å². The Hall–Kier alpha value is -2.82. The zero-order chi connectivity index (χ0) is 17.9. The smallest absolute Gasteiger partial charge is 0.410 e. The predicted octanol–water partition coefficient (Wildman–Crippen LogP) is 5.24. The van der Waals surface area contributed by atoms with Crippen LogP contribution in [0.25, 0.3) is 10.9 Å². The van der Waals surface area contributed by atoms with Crippen molar-refractivity contribution in [2.75, 3.05) is 5.32 Å². The molecule has 3 rings (SSSR count). The van der Waals surface area contributed by atoms with Crippen LogP contribution in [0.1, 0.15) is 27.7 Å². The maximum absolute atomic E-state index is 11.8. The van der Waals surface area contributed by atoms with Crippen LogP contribution in [-0.4, -0.2) is 15.9 Å². The molecule has 0 aliphatic carbocycles. The van der Waals surface area contributed by atoms with Gasteiger partial charge in [0.2, 0.25) is 0 Å². The molecule has 1 heterocycles. The monoisotopic (exact) mass is 327 g/mol. The molecule has 0 unspecified atom stereocenters. The van der Waals surface area contributed by atoms with Gasteiger partial charge in [-0.15, -0.1) is 0 Å². The number of amides is 1. The molecule has 5 nitrogen and oxygen atoms in total. The van der Waals surface area contributed by atoms with Crippen molar-refractivity contribution in [2.45, 2.75) is 27.7 Å². The van der Waals surface area contributed by atoms with E-state index in [2.05, 4.69) is 10.4 Å². The van der Waals surface area contributed by atoms with Crippen LogP contribution in [0.2, 0.25) is 0 Å².